The van der Waals surface area contributed by atoms with Crippen molar-refractivity contribution in [3.63, 3.8) is 0 Å². The van der Waals surface area contributed by atoms with Gasteiger partial charge in [0.25, 0.3) is 0 Å². The highest BCUT2D eigenvalue weighted by Gasteiger charge is 2.20. The van der Waals surface area contributed by atoms with Gasteiger partial charge in [0, 0.05) is 52.4 Å². The van der Waals surface area contributed by atoms with Crippen LogP contribution < -0.4 is 10.6 Å². The van der Waals surface area contributed by atoms with Crippen molar-refractivity contribution in [1.29, 1.82) is 0 Å². The fourth-order valence-corrected chi connectivity index (χ4v) is 3.28. The van der Waals surface area contributed by atoms with Gasteiger partial charge in [-0.25, -0.2) is 0 Å². The van der Waals surface area contributed by atoms with E-state index in [1.165, 1.54) is 5.56 Å². The number of benzene rings is 1. The molecule has 2 N–H and O–H groups in total. The number of hydrogen-bond donors (Lipinski definition) is 2. The second-order valence-corrected chi connectivity index (χ2v) is 7.24. The molecule has 1 aromatic rings. The molecule has 0 aromatic heterocycles. The number of aliphatic imine (C=N–C) groups is 1. The monoisotopic (exact) mass is 503 g/mol. The first kappa shape index (κ1) is 25.1. The van der Waals surface area contributed by atoms with Crippen molar-refractivity contribution in [2.45, 2.75) is 32.4 Å². The predicted molar refractivity (Wildman–Crippen MR) is 129 cm³/mol. The molecule has 1 aromatic carbocycles. The first-order valence-corrected chi connectivity index (χ1v) is 10.2. The third-order valence-electron chi connectivity index (χ3n) is 4.95. The minimum atomic E-state index is 0. The van der Waals surface area contributed by atoms with E-state index in [4.69, 9.17) is 9.73 Å². The Hall–Kier alpha value is -0.900. The van der Waals surface area contributed by atoms with Crippen LogP contribution in [0.4, 0.5) is 0 Å². The number of hydrogen-bond acceptors (Lipinski definition) is 4. The molecule has 0 aliphatic carbocycles. The van der Waals surface area contributed by atoms with E-state index < -0.39 is 0 Å². The van der Waals surface area contributed by atoms with Crippen molar-refractivity contribution >= 4 is 29.9 Å². The lowest BCUT2D eigenvalue weighted by molar-refractivity contribution is 0.163. The number of methoxy groups -OCH3 is 1. The highest BCUT2D eigenvalue weighted by atomic mass is 127. The normalized spacial score (nSPS) is 16.1. The van der Waals surface area contributed by atoms with Crippen LogP contribution in [0.15, 0.2) is 35.3 Å². The van der Waals surface area contributed by atoms with Crippen LogP contribution in [0.5, 0.6) is 0 Å². The Morgan fingerprint density at radius 3 is 2.57 bits per heavy atom. The lowest BCUT2D eigenvalue weighted by atomic mass is 10.0. The van der Waals surface area contributed by atoms with Gasteiger partial charge in [-0.3, -0.25) is 9.89 Å². The van der Waals surface area contributed by atoms with Gasteiger partial charge in [0.05, 0.1) is 13.2 Å². The van der Waals surface area contributed by atoms with E-state index in [9.17, 15) is 0 Å². The molecule has 7 heteroatoms. The molecule has 160 valence electrons. The number of rotatable bonds is 10. The molecule has 6 nitrogen and oxygen atoms in total. The van der Waals surface area contributed by atoms with Crippen molar-refractivity contribution in [2.75, 3.05) is 60.0 Å². The highest BCUT2D eigenvalue weighted by molar-refractivity contribution is 14.0. The summed E-state index contributed by atoms with van der Waals surface area (Å²) in [6.45, 7) is 9.75. The highest BCUT2D eigenvalue weighted by Crippen LogP contribution is 2.13. The van der Waals surface area contributed by atoms with E-state index in [1.54, 1.807) is 7.11 Å². The number of guanidine groups is 1. The van der Waals surface area contributed by atoms with Gasteiger partial charge in [0.1, 0.15) is 0 Å². The molecule has 0 saturated carbocycles. The Labute approximate surface area is 188 Å². The number of piperidine rings is 1. The van der Waals surface area contributed by atoms with E-state index in [0.717, 1.165) is 71.2 Å². The van der Waals surface area contributed by atoms with Crippen LogP contribution >= 0.6 is 24.0 Å². The minimum Gasteiger partial charge on any atom is -0.383 e. The maximum Gasteiger partial charge on any atom is 0.191 e. The summed E-state index contributed by atoms with van der Waals surface area (Å²) in [4.78, 5) is 9.53. The van der Waals surface area contributed by atoms with Crippen molar-refractivity contribution in [1.82, 2.24) is 20.4 Å². The Balaban J connectivity index is 0.00000392. The Morgan fingerprint density at radius 1 is 1.21 bits per heavy atom. The summed E-state index contributed by atoms with van der Waals surface area (Å²) in [5.41, 5.74) is 1.40. The first-order valence-electron chi connectivity index (χ1n) is 10.2. The summed E-state index contributed by atoms with van der Waals surface area (Å²) in [5, 5.41) is 7.01. The van der Waals surface area contributed by atoms with Crippen LogP contribution in [-0.4, -0.2) is 81.8 Å². The second-order valence-electron chi connectivity index (χ2n) is 7.24. The molecule has 0 unspecified atom stereocenters. The second kappa shape index (κ2) is 15.0. The molecule has 2 rings (SSSR count). The number of likely N-dealkylation sites (N-methyl/N-ethyl adjacent to an activating group) is 1. The zero-order chi connectivity index (χ0) is 19.3. The van der Waals surface area contributed by atoms with Gasteiger partial charge in [-0.05, 0) is 32.4 Å². The fraction of sp³-hybridized carbons (Fsp3) is 0.667. The number of nitrogens with one attached hydrogen (secondary N) is 2. The topological polar surface area (TPSA) is 52.1 Å². The number of likely N-dealkylation sites (tertiary alicyclic amines) is 1. The average Bonchev–Trinajstić information content (AvgIpc) is 2.69. The molecule has 0 radical (unpaired) electrons. The SMILES string of the molecule is CCNC(=NCCN(C)CCOC)NC1CCN(Cc2ccccc2)CC1.I. The van der Waals surface area contributed by atoms with E-state index in [0.29, 0.717) is 6.04 Å². The van der Waals surface area contributed by atoms with Crippen LogP contribution in [0.3, 0.4) is 0 Å². The molecule has 1 heterocycles. The average molecular weight is 503 g/mol. The van der Waals surface area contributed by atoms with Gasteiger partial charge in [0.2, 0.25) is 0 Å². The van der Waals surface area contributed by atoms with Crippen LogP contribution in [0, 0.1) is 0 Å². The molecule has 0 bridgehead atoms. The fourth-order valence-electron chi connectivity index (χ4n) is 3.28. The molecule has 0 amide bonds. The maximum atomic E-state index is 5.12. The summed E-state index contributed by atoms with van der Waals surface area (Å²) in [7, 11) is 3.85. The molecule has 0 spiro atoms. The van der Waals surface area contributed by atoms with Crippen molar-refractivity contribution in [3.05, 3.63) is 35.9 Å². The standard InChI is InChI=1S/C21H37N5O.HI/c1-4-22-21(23-12-15-25(2)16-17-27-3)24-20-10-13-26(14-11-20)18-19-8-6-5-7-9-19;/h5-9,20H,4,10-18H2,1-3H3,(H2,22,23,24);1H. The molecule has 1 aliphatic heterocycles. The third kappa shape index (κ3) is 10.0. The van der Waals surface area contributed by atoms with Crippen LogP contribution in [-0.2, 0) is 11.3 Å². The lowest BCUT2D eigenvalue weighted by Gasteiger charge is -2.33. The van der Waals surface area contributed by atoms with Crippen LogP contribution in [0.2, 0.25) is 0 Å². The Morgan fingerprint density at radius 2 is 1.93 bits per heavy atom. The summed E-state index contributed by atoms with van der Waals surface area (Å²) < 4.78 is 5.12. The summed E-state index contributed by atoms with van der Waals surface area (Å²) in [5.74, 6) is 0.944. The largest absolute Gasteiger partial charge is 0.383 e. The van der Waals surface area contributed by atoms with Crippen molar-refractivity contribution in [2.24, 2.45) is 4.99 Å². The summed E-state index contributed by atoms with van der Waals surface area (Å²) in [6, 6.07) is 11.2. The number of halogens is 1. The van der Waals surface area contributed by atoms with Crippen molar-refractivity contribution < 1.29 is 4.74 Å². The third-order valence-corrected chi connectivity index (χ3v) is 4.95. The van der Waals surface area contributed by atoms with Crippen LogP contribution in [0.25, 0.3) is 0 Å². The van der Waals surface area contributed by atoms with Gasteiger partial charge in [-0.2, -0.15) is 0 Å². The van der Waals surface area contributed by atoms with Gasteiger partial charge in [0.15, 0.2) is 5.96 Å². The molecule has 28 heavy (non-hydrogen) atoms. The number of ether oxygens (including phenoxy) is 1. The van der Waals surface area contributed by atoms with Gasteiger partial charge >= 0.3 is 0 Å². The Kier molecular flexibility index (Phi) is 13.5. The minimum absolute atomic E-state index is 0. The zero-order valence-corrected chi connectivity index (χ0v) is 20.0. The predicted octanol–water partition coefficient (Wildman–Crippen LogP) is 2.40. The lowest BCUT2D eigenvalue weighted by Crippen LogP contribution is -2.48. The number of nitrogens with zero attached hydrogens (tertiary/aromatic N) is 3. The zero-order valence-electron chi connectivity index (χ0n) is 17.7. The smallest absolute Gasteiger partial charge is 0.191 e. The van der Waals surface area contributed by atoms with Gasteiger partial charge in [-0.15, -0.1) is 24.0 Å². The molecule has 1 fully saturated rings. The van der Waals surface area contributed by atoms with Crippen LogP contribution in [0.1, 0.15) is 25.3 Å². The molecule has 1 saturated heterocycles. The first-order chi connectivity index (χ1) is 13.2. The van der Waals surface area contributed by atoms with E-state index in [-0.39, 0.29) is 24.0 Å². The maximum absolute atomic E-state index is 5.12. The summed E-state index contributed by atoms with van der Waals surface area (Å²) in [6.07, 6.45) is 2.32. The molecular formula is C21H38IN5O. The quantitative estimate of drug-likeness (QED) is 0.292. The van der Waals surface area contributed by atoms with E-state index in [2.05, 4.69) is 64.7 Å². The summed E-state index contributed by atoms with van der Waals surface area (Å²) >= 11 is 0. The van der Waals surface area contributed by atoms with Gasteiger partial charge < -0.3 is 20.3 Å². The molecule has 0 atom stereocenters. The van der Waals surface area contributed by atoms with E-state index in [1.807, 2.05) is 0 Å². The molecule has 1 aliphatic rings. The Bertz CT molecular complexity index is 535. The molecular weight excluding hydrogens is 465 g/mol. The van der Waals surface area contributed by atoms with Gasteiger partial charge in [-0.1, -0.05) is 30.3 Å². The van der Waals surface area contributed by atoms with Crippen molar-refractivity contribution in [3.8, 4) is 0 Å². The van der Waals surface area contributed by atoms with E-state index >= 15 is 0 Å².